The van der Waals surface area contributed by atoms with Gasteiger partial charge in [0, 0.05) is 10.6 Å². The van der Waals surface area contributed by atoms with Gasteiger partial charge in [-0.2, -0.15) is 0 Å². The zero-order chi connectivity index (χ0) is 19.8. The van der Waals surface area contributed by atoms with Gasteiger partial charge in [-0.05, 0) is 35.6 Å². The molecule has 3 rings (SSSR count). The monoisotopic (exact) mass is 389 g/mol. The van der Waals surface area contributed by atoms with Crippen molar-refractivity contribution in [1.82, 2.24) is 5.32 Å². The fraction of sp³-hybridized carbons (Fsp3) is 0.240. The summed E-state index contributed by atoms with van der Waals surface area (Å²) in [4.78, 5) is 14.1. The number of thioether (sulfide) groups is 1. The first-order chi connectivity index (χ1) is 13.6. The molecule has 3 aromatic rings. The molecule has 2 nitrogen and oxygen atoms in total. The highest BCUT2D eigenvalue weighted by atomic mass is 32.2. The maximum absolute atomic E-state index is 13.1. The van der Waals surface area contributed by atoms with Crippen molar-refractivity contribution >= 4 is 17.7 Å². The smallest absolute Gasteiger partial charge is 0.252 e. The lowest BCUT2D eigenvalue weighted by molar-refractivity contribution is 0.0929. The van der Waals surface area contributed by atoms with Crippen molar-refractivity contribution in [3.63, 3.8) is 0 Å². The van der Waals surface area contributed by atoms with Gasteiger partial charge in [0.25, 0.3) is 5.91 Å². The van der Waals surface area contributed by atoms with Crippen LogP contribution in [0, 0.1) is 5.92 Å². The quantitative estimate of drug-likeness (QED) is 0.446. The van der Waals surface area contributed by atoms with Gasteiger partial charge in [0.05, 0.1) is 11.6 Å². The number of carbonyl (C=O) groups is 1. The summed E-state index contributed by atoms with van der Waals surface area (Å²) in [6.07, 6.45) is 0.912. The first-order valence-corrected chi connectivity index (χ1v) is 10.7. The molecule has 0 aliphatic rings. The number of nitrogens with one attached hydrogen (secondary N) is 1. The Bertz CT molecular complexity index is 877. The van der Waals surface area contributed by atoms with Crippen LogP contribution in [0.4, 0.5) is 0 Å². The van der Waals surface area contributed by atoms with Crippen LogP contribution in [0.2, 0.25) is 0 Å². The molecule has 28 heavy (non-hydrogen) atoms. The van der Waals surface area contributed by atoms with E-state index in [2.05, 4.69) is 43.4 Å². The van der Waals surface area contributed by atoms with Gasteiger partial charge in [0.15, 0.2) is 0 Å². The molecule has 0 spiro atoms. The highest BCUT2D eigenvalue weighted by Crippen LogP contribution is 2.28. The van der Waals surface area contributed by atoms with E-state index in [1.165, 1.54) is 5.56 Å². The number of amides is 1. The van der Waals surface area contributed by atoms with Crippen LogP contribution in [0.5, 0.6) is 0 Å². The van der Waals surface area contributed by atoms with Crippen molar-refractivity contribution in [3.05, 3.63) is 102 Å². The summed E-state index contributed by atoms with van der Waals surface area (Å²) < 4.78 is 0. The molecule has 0 bridgehead atoms. The highest BCUT2D eigenvalue weighted by molar-refractivity contribution is 7.98. The summed E-state index contributed by atoms with van der Waals surface area (Å²) in [6, 6.07) is 28.5. The molecule has 1 atom stereocenters. The Morgan fingerprint density at radius 3 is 2.14 bits per heavy atom. The summed E-state index contributed by atoms with van der Waals surface area (Å²) in [5.41, 5.74) is 3.15. The number of hydrogen-bond donors (Lipinski definition) is 1. The topological polar surface area (TPSA) is 29.1 Å². The molecule has 0 fully saturated rings. The van der Waals surface area contributed by atoms with Crippen molar-refractivity contribution in [2.45, 2.75) is 37.0 Å². The molecule has 1 amide bonds. The SMILES string of the molecule is CC(C)CC(NC(=O)c1ccccc1SCc1ccccc1)c1ccccc1. The predicted molar refractivity (Wildman–Crippen MR) is 119 cm³/mol. The fourth-order valence-electron chi connectivity index (χ4n) is 3.19. The van der Waals surface area contributed by atoms with Crippen LogP contribution in [0.15, 0.2) is 89.8 Å². The molecule has 3 heteroatoms. The van der Waals surface area contributed by atoms with E-state index in [1.807, 2.05) is 60.7 Å². The van der Waals surface area contributed by atoms with Crippen LogP contribution in [0.25, 0.3) is 0 Å². The Hall–Kier alpha value is -2.52. The van der Waals surface area contributed by atoms with E-state index in [4.69, 9.17) is 0 Å². The van der Waals surface area contributed by atoms with Gasteiger partial charge in [-0.25, -0.2) is 0 Å². The second-order valence-electron chi connectivity index (χ2n) is 7.34. The summed E-state index contributed by atoms with van der Waals surface area (Å²) in [5.74, 6) is 1.33. The lowest BCUT2D eigenvalue weighted by Crippen LogP contribution is -2.29. The van der Waals surface area contributed by atoms with E-state index >= 15 is 0 Å². The minimum absolute atomic E-state index is 0.00864. The van der Waals surface area contributed by atoms with Gasteiger partial charge in [0.1, 0.15) is 0 Å². The first-order valence-electron chi connectivity index (χ1n) is 9.75. The van der Waals surface area contributed by atoms with E-state index in [0.29, 0.717) is 5.92 Å². The Morgan fingerprint density at radius 1 is 0.857 bits per heavy atom. The molecular weight excluding hydrogens is 362 g/mol. The average Bonchev–Trinajstić information content (AvgIpc) is 2.73. The van der Waals surface area contributed by atoms with Gasteiger partial charge < -0.3 is 5.32 Å². The van der Waals surface area contributed by atoms with Gasteiger partial charge in [-0.3, -0.25) is 4.79 Å². The van der Waals surface area contributed by atoms with Crippen LogP contribution in [-0.4, -0.2) is 5.91 Å². The summed E-state index contributed by atoms with van der Waals surface area (Å²) in [6.45, 7) is 4.37. The molecule has 1 unspecified atom stereocenters. The van der Waals surface area contributed by atoms with Crippen LogP contribution in [0.1, 0.15) is 47.8 Å². The Balaban J connectivity index is 1.75. The fourth-order valence-corrected chi connectivity index (χ4v) is 4.19. The second kappa shape index (κ2) is 10.1. The third-order valence-corrected chi connectivity index (χ3v) is 5.73. The van der Waals surface area contributed by atoms with Crippen molar-refractivity contribution in [1.29, 1.82) is 0 Å². The standard InChI is InChI=1S/C25H27NOS/c1-19(2)17-23(21-13-7-4-8-14-21)26-25(27)22-15-9-10-16-24(22)28-18-20-11-5-3-6-12-20/h3-16,19,23H,17-18H2,1-2H3,(H,26,27). The Morgan fingerprint density at radius 2 is 1.46 bits per heavy atom. The van der Waals surface area contributed by atoms with Crippen molar-refractivity contribution in [2.75, 3.05) is 0 Å². The average molecular weight is 390 g/mol. The molecular formula is C25H27NOS. The van der Waals surface area contributed by atoms with Gasteiger partial charge in [-0.1, -0.05) is 86.6 Å². The van der Waals surface area contributed by atoms with Crippen molar-refractivity contribution < 1.29 is 4.79 Å². The van der Waals surface area contributed by atoms with E-state index in [0.717, 1.165) is 28.2 Å². The van der Waals surface area contributed by atoms with Crippen LogP contribution in [0.3, 0.4) is 0 Å². The lowest BCUT2D eigenvalue weighted by atomic mass is 9.96. The van der Waals surface area contributed by atoms with Crippen LogP contribution in [-0.2, 0) is 5.75 Å². The second-order valence-corrected chi connectivity index (χ2v) is 8.35. The summed E-state index contributed by atoms with van der Waals surface area (Å²) in [7, 11) is 0. The normalized spacial score (nSPS) is 12.0. The first kappa shape index (κ1) is 20.2. The van der Waals surface area contributed by atoms with Crippen molar-refractivity contribution in [2.24, 2.45) is 5.92 Å². The van der Waals surface area contributed by atoms with E-state index in [-0.39, 0.29) is 11.9 Å². The van der Waals surface area contributed by atoms with Gasteiger partial charge in [0.2, 0.25) is 0 Å². The molecule has 3 aromatic carbocycles. The maximum Gasteiger partial charge on any atom is 0.252 e. The van der Waals surface area contributed by atoms with Crippen LogP contribution < -0.4 is 5.32 Å². The molecule has 144 valence electrons. The minimum atomic E-state index is -0.00864. The third-order valence-electron chi connectivity index (χ3n) is 4.58. The minimum Gasteiger partial charge on any atom is -0.345 e. The van der Waals surface area contributed by atoms with E-state index in [1.54, 1.807) is 11.8 Å². The summed E-state index contributed by atoms with van der Waals surface area (Å²) in [5, 5.41) is 3.27. The van der Waals surface area contributed by atoms with Crippen molar-refractivity contribution in [3.8, 4) is 0 Å². The highest BCUT2D eigenvalue weighted by Gasteiger charge is 2.19. The molecule has 0 saturated carbocycles. The Kier molecular flexibility index (Phi) is 7.32. The van der Waals surface area contributed by atoms with Gasteiger partial charge >= 0.3 is 0 Å². The number of carbonyl (C=O) groups excluding carboxylic acids is 1. The molecule has 0 radical (unpaired) electrons. The molecule has 0 aliphatic heterocycles. The number of hydrogen-bond acceptors (Lipinski definition) is 2. The third kappa shape index (κ3) is 5.74. The zero-order valence-electron chi connectivity index (χ0n) is 16.5. The molecule has 1 N–H and O–H groups in total. The molecule has 0 heterocycles. The molecule has 0 aromatic heterocycles. The predicted octanol–water partition coefficient (Wildman–Crippen LogP) is 6.50. The van der Waals surface area contributed by atoms with Gasteiger partial charge in [-0.15, -0.1) is 11.8 Å². The van der Waals surface area contributed by atoms with E-state index in [9.17, 15) is 4.79 Å². The number of rotatable bonds is 8. The lowest BCUT2D eigenvalue weighted by Gasteiger charge is -2.22. The molecule has 0 saturated heterocycles. The molecule has 0 aliphatic carbocycles. The van der Waals surface area contributed by atoms with Crippen LogP contribution >= 0.6 is 11.8 Å². The number of benzene rings is 3. The zero-order valence-corrected chi connectivity index (χ0v) is 17.3. The Labute approximate surface area is 172 Å². The maximum atomic E-state index is 13.1. The largest absolute Gasteiger partial charge is 0.345 e. The van der Waals surface area contributed by atoms with E-state index < -0.39 is 0 Å². The summed E-state index contributed by atoms with van der Waals surface area (Å²) >= 11 is 1.70.